The zero-order valence-corrected chi connectivity index (χ0v) is 39.7. The minimum atomic E-state index is -4.31. The SMILES string of the molecule is CCC/C=C/C(O)C(COP(=O)(O)OCC[N+](C)(C)C)NC(=O)CCCCCCCCCCCCCCCCCCCCCCC/C=C\C/C=C\CCCCCCC. The Kier molecular flexibility index (Phi) is 40.2. The molecule has 0 heterocycles. The molecule has 0 bridgehead atoms. The third-order valence-electron chi connectivity index (χ3n) is 10.8. The molecular formula is C49H96N2O6P+. The van der Waals surface area contributed by atoms with Gasteiger partial charge < -0.3 is 19.8 Å². The summed E-state index contributed by atoms with van der Waals surface area (Å²) in [6.07, 6.45) is 52.0. The number of allylic oxidation sites excluding steroid dienone is 5. The van der Waals surface area contributed by atoms with Crippen molar-refractivity contribution in [3.8, 4) is 0 Å². The Balaban J connectivity index is 3.70. The molecule has 0 aliphatic heterocycles. The first kappa shape index (κ1) is 56.7. The van der Waals surface area contributed by atoms with Crippen LogP contribution >= 0.6 is 7.82 Å². The molecule has 0 saturated carbocycles. The number of amides is 1. The van der Waals surface area contributed by atoms with Gasteiger partial charge in [-0.1, -0.05) is 204 Å². The van der Waals surface area contributed by atoms with Gasteiger partial charge in [-0.25, -0.2) is 4.57 Å². The number of likely N-dealkylation sites (N-methyl/N-ethyl adjacent to an activating group) is 1. The highest BCUT2D eigenvalue weighted by Gasteiger charge is 2.27. The predicted octanol–water partition coefficient (Wildman–Crippen LogP) is 13.9. The van der Waals surface area contributed by atoms with Gasteiger partial charge in [-0.2, -0.15) is 0 Å². The Morgan fingerprint density at radius 1 is 0.586 bits per heavy atom. The van der Waals surface area contributed by atoms with Crippen molar-refractivity contribution in [2.45, 2.75) is 231 Å². The van der Waals surface area contributed by atoms with Gasteiger partial charge in [0.25, 0.3) is 0 Å². The van der Waals surface area contributed by atoms with Crippen LogP contribution in [0.3, 0.4) is 0 Å². The fraction of sp³-hybridized carbons (Fsp3) is 0.857. The van der Waals surface area contributed by atoms with Gasteiger partial charge in [0, 0.05) is 6.42 Å². The topological polar surface area (TPSA) is 105 Å². The fourth-order valence-corrected chi connectivity index (χ4v) is 7.70. The number of rotatable bonds is 44. The summed E-state index contributed by atoms with van der Waals surface area (Å²) in [5, 5.41) is 13.5. The minimum Gasteiger partial charge on any atom is -0.387 e. The molecule has 3 N–H and O–H groups in total. The van der Waals surface area contributed by atoms with Gasteiger partial charge >= 0.3 is 7.82 Å². The molecule has 3 atom stereocenters. The van der Waals surface area contributed by atoms with Crippen LogP contribution < -0.4 is 5.32 Å². The van der Waals surface area contributed by atoms with Crippen LogP contribution in [0.4, 0.5) is 0 Å². The highest BCUT2D eigenvalue weighted by molar-refractivity contribution is 7.47. The molecule has 0 aromatic carbocycles. The van der Waals surface area contributed by atoms with Gasteiger partial charge in [0.2, 0.25) is 5.91 Å². The number of aliphatic hydroxyl groups excluding tert-OH is 1. The van der Waals surface area contributed by atoms with Crippen molar-refractivity contribution in [3.63, 3.8) is 0 Å². The normalized spacial score (nSPS) is 14.5. The first-order chi connectivity index (χ1) is 28.0. The summed E-state index contributed by atoms with van der Waals surface area (Å²) in [5.41, 5.74) is 0. The van der Waals surface area contributed by atoms with Gasteiger partial charge in [-0.15, -0.1) is 0 Å². The lowest BCUT2D eigenvalue weighted by molar-refractivity contribution is -0.870. The van der Waals surface area contributed by atoms with E-state index < -0.39 is 20.0 Å². The van der Waals surface area contributed by atoms with E-state index in [0.717, 1.165) is 38.5 Å². The maximum atomic E-state index is 12.7. The predicted molar refractivity (Wildman–Crippen MR) is 249 cm³/mol. The monoisotopic (exact) mass is 840 g/mol. The quantitative estimate of drug-likeness (QED) is 0.0244. The molecule has 9 heteroatoms. The van der Waals surface area contributed by atoms with E-state index in [9.17, 15) is 19.4 Å². The van der Waals surface area contributed by atoms with Crippen LogP contribution in [-0.2, 0) is 18.4 Å². The summed E-state index contributed by atoms with van der Waals surface area (Å²) in [7, 11) is 1.57. The summed E-state index contributed by atoms with van der Waals surface area (Å²) in [6, 6.07) is -0.839. The Labute approximate surface area is 359 Å². The van der Waals surface area contributed by atoms with Gasteiger partial charge in [0.05, 0.1) is 39.9 Å². The molecule has 1 amide bonds. The van der Waals surface area contributed by atoms with E-state index in [4.69, 9.17) is 9.05 Å². The fourth-order valence-electron chi connectivity index (χ4n) is 6.96. The zero-order valence-electron chi connectivity index (χ0n) is 38.8. The molecule has 0 radical (unpaired) electrons. The number of nitrogens with one attached hydrogen (secondary N) is 1. The number of quaternary nitrogens is 1. The van der Waals surface area contributed by atoms with Crippen LogP contribution in [0.25, 0.3) is 0 Å². The number of hydrogen-bond donors (Lipinski definition) is 3. The first-order valence-corrected chi connectivity index (χ1v) is 25.9. The van der Waals surface area contributed by atoms with Crippen LogP contribution in [0.2, 0.25) is 0 Å². The second-order valence-corrected chi connectivity index (χ2v) is 19.3. The summed E-state index contributed by atoms with van der Waals surface area (Å²) >= 11 is 0. The van der Waals surface area contributed by atoms with E-state index in [1.165, 1.54) is 161 Å². The largest absolute Gasteiger partial charge is 0.472 e. The van der Waals surface area contributed by atoms with Crippen LogP contribution in [0.15, 0.2) is 36.5 Å². The van der Waals surface area contributed by atoms with E-state index in [1.54, 1.807) is 6.08 Å². The van der Waals surface area contributed by atoms with Crippen molar-refractivity contribution < 1.29 is 32.9 Å². The van der Waals surface area contributed by atoms with E-state index in [1.807, 2.05) is 34.1 Å². The number of unbranched alkanes of at least 4 members (excludes halogenated alkanes) is 27. The molecule has 3 unspecified atom stereocenters. The third kappa shape index (κ3) is 42.8. The second kappa shape index (κ2) is 41.1. The van der Waals surface area contributed by atoms with Crippen LogP contribution in [0, 0.1) is 0 Å². The van der Waals surface area contributed by atoms with E-state index in [-0.39, 0.29) is 19.1 Å². The molecule has 58 heavy (non-hydrogen) atoms. The third-order valence-corrected chi connectivity index (χ3v) is 11.8. The smallest absolute Gasteiger partial charge is 0.387 e. The molecule has 0 fully saturated rings. The lowest BCUT2D eigenvalue weighted by atomic mass is 10.0. The Hall–Kier alpha value is -1.28. The molecule has 0 spiro atoms. The Morgan fingerprint density at radius 2 is 1.02 bits per heavy atom. The summed E-state index contributed by atoms with van der Waals surface area (Å²) < 4.78 is 23.2. The summed E-state index contributed by atoms with van der Waals surface area (Å²) in [4.78, 5) is 22.8. The van der Waals surface area contributed by atoms with E-state index in [2.05, 4.69) is 36.5 Å². The van der Waals surface area contributed by atoms with Crippen molar-refractivity contribution in [2.24, 2.45) is 0 Å². The minimum absolute atomic E-state index is 0.0607. The number of hydrogen-bond acceptors (Lipinski definition) is 5. The van der Waals surface area contributed by atoms with Crippen molar-refractivity contribution >= 4 is 13.7 Å². The highest BCUT2D eigenvalue weighted by Crippen LogP contribution is 2.43. The van der Waals surface area contributed by atoms with Gasteiger partial charge in [-0.05, 0) is 44.9 Å². The molecule has 0 rings (SSSR count). The maximum absolute atomic E-state index is 12.7. The Morgan fingerprint density at radius 3 is 1.45 bits per heavy atom. The van der Waals surface area contributed by atoms with Crippen molar-refractivity contribution in [2.75, 3.05) is 40.9 Å². The van der Waals surface area contributed by atoms with E-state index >= 15 is 0 Å². The molecule has 0 aliphatic carbocycles. The summed E-state index contributed by atoms with van der Waals surface area (Å²) in [5.74, 6) is -0.187. The molecule has 0 aromatic rings. The molecule has 0 saturated heterocycles. The number of phosphoric ester groups is 1. The van der Waals surface area contributed by atoms with Gasteiger partial charge in [0.15, 0.2) is 0 Å². The zero-order chi connectivity index (χ0) is 42.8. The van der Waals surface area contributed by atoms with Crippen LogP contribution in [0.5, 0.6) is 0 Å². The van der Waals surface area contributed by atoms with E-state index in [0.29, 0.717) is 17.4 Å². The number of phosphoric acid groups is 1. The number of carbonyl (C=O) groups is 1. The van der Waals surface area contributed by atoms with Crippen LogP contribution in [-0.4, -0.2) is 73.4 Å². The van der Waals surface area contributed by atoms with Gasteiger partial charge in [0.1, 0.15) is 13.2 Å². The number of aliphatic hydroxyl groups is 1. The molecule has 0 aromatic heterocycles. The first-order valence-electron chi connectivity index (χ1n) is 24.4. The van der Waals surface area contributed by atoms with Crippen LogP contribution in [0.1, 0.15) is 219 Å². The average molecular weight is 840 g/mol. The van der Waals surface area contributed by atoms with Crippen molar-refractivity contribution in [1.82, 2.24) is 5.32 Å². The molecular weight excluding hydrogens is 744 g/mol. The standard InChI is InChI=1S/C49H95N2O6P/c1-6-8-10-11-12-13-14-15-16-17-18-19-20-21-22-23-24-25-26-27-28-29-30-31-32-33-34-35-36-37-38-39-41-43-49(53)50-47(48(52)42-40-9-7-2)46-57-58(54,55)56-45-44-51(3,4)5/h14-15,17-18,40,42,47-48,52H,6-13,16,19-39,41,43-46H2,1-5H3,(H-,50,53,54,55)/p+1/b15-14-,18-17-,42-40+. The number of carbonyl (C=O) groups excluding carboxylic acids is 1. The second-order valence-electron chi connectivity index (χ2n) is 17.8. The molecule has 0 aliphatic rings. The maximum Gasteiger partial charge on any atom is 0.472 e. The number of nitrogens with zero attached hydrogens (tertiary/aromatic N) is 1. The molecule has 342 valence electrons. The van der Waals surface area contributed by atoms with Crippen molar-refractivity contribution in [1.29, 1.82) is 0 Å². The highest BCUT2D eigenvalue weighted by atomic mass is 31.2. The average Bonchev–Trinajstić information content (AvgIpc) is 3.17. The summed E-state index contributed by atoms with van der Waals surface area (Å²) in [6.45, 7) is 4.59. The lowest BCUT2D eigenvalue weighted by Crippen LogP contribution is -2.45. The lowest BCUT2D eigenvalue weighted by Gasteiger charge is -2.25. The van der Waals surface area contributed by atoms with Gasteiger partial charge in [-0.3, -0.25) is 13.8 Å². The molecule has 8 nitrogen and oxygen atoms in total. The Bertz CT molecular complexity index is 1040. The van der Waals surface area contributed by atoms with Crippen molar-refractivity contribution in [3.05, 3.63) is 36.5 Å².